The quantitative estimate of drug-likeness (QED) is 0.905. The van der Waals surface area contributed by atoms with Gasteiger partial charge in [0.2, 0.25) is 0 Å². The first-order chi connectivity index (χ1) is 12.0. The zero-order valence-corrected chi connectivity index (χ0v) is 13.5. The number of carboxylic acid groups (broad SMARTS) is 1. The predicted octanol–water partition coefficient (Wildman–Crippen LogP) is 3.29. The molecule has 1 aliphatic heterocycles. The zero-order valence-electron chi connectivity index (χ0n) is 13.5. The Kier molecular flexibility index (Phi) is 4.97. The van der Waals surface area contributed by atoms with Crippen LogP contribution in [0.4, 0.5) is 9.18 Å². The molecule has 0 saturated carbocycles. The van der Waals surface area contributed by atoms with Crippen molar-refractivity contribution < 1.29 is 23.8 Å². The molecule has 0 bridgehead atoms. The van der Waals surface area contributed by atoms with E-state index in [1.807, 2.05) is 30.3 Å². The molecule has 2 atom stereocenters. The van der Waals surface area contributed by atoms with Crippen molar-refractivity contribution in [3.63, 3.8) is 0 Å². The average molecular weight is 343 g/mol. The standard InChI is InChI=1S/C19H18FNO4/c20-16-11-21(19(24)25-12-14-4-2-1-3-5-14)17(16)10-13-6-8-15(9-7-13)18(22)23/h1-9,16-17H,10-12H2,(H,22,23). The molecule has 2 aromatic rings. The summed E-state index contributed by atoms with van der Waals surface area (Å²) in [5.41, 5.74) is 1.82. The predicted molar refractivity (Wildman–Crippen MR) is 89.1 cm³/mol. The monoisotopic (exact) mass is 343 g/mol. The van der Waals surface area contributed by atoms with Crippen molar-refractivity contribution in [2.24, 2.45) is 0 Å². The Bertz CT molecular complexity index is 748. The fourth-order valence-corrected chi connectivity index (χ4v) is 2.78. The van der Waals surface area contributed by atoms with Crippen molar-refractivity contribution in [2.45, 2.75) is 25.2 Å². The highest BCUT2D eigenvalue weighted by Crippen LogP contribution is 2.26. The first-order valence-corrected chi connectivity index (χ1v) is 7.98. The van der Waals surface area contributed by atoms with Gasteiger partial charge in [-0.05, 0) is 29.7 Å². The molecule has 1 aliphatic rings. The molecular weight excluding hydrogens is 325 g/mol. The normalized spacial score (nSPS) is 19.2. The van der Waals surface area contributed by atoms with E-state index in [2.05, 4.69) is 0 Å². The molecule has 3 rings (SSSR count). The first kappa shape index (κ1) is 17.0. The number of nitrogens with zero attached hydrogens (tertiary/aromatic N) is 1. The van der Waals surface area contributed by atoms with Gasteiger partial charge in [0.1, 0.15) is 12.8 Å². The second-order valence-electron chi connectivity index (χ2n) is 5.98. The number of alkyl halides is 1. The highest BCUT2D eigenvalue weighted by molar-refractivity contribution is 5.87. The number of hydrogen-bond donors (Lipinski definition) is 1. The Labute approximate surface area is 144 Å². The van der Waals surface area contributed by atoms with Crippen LogP contribution in [0, 0.1) is 0 Å². The Morgan fingerprint density at radius 2 is 1.76 bits per heavy atom. The molecule has 1 amide bonds. The Balaban J connectivity index is 1.57. The maximum atomic E-state index is 13.9. The van der Waals surface area contributed by atoms with Crippen molar-refractivity contribution in [1.82, 2.24) is 4.90 Å². The summed E-state index contributed by atoms with van der Waals surface area (Å²) in [6.07, 6.45) is -1.32. The van der Waals surface area contributed by atoms with Crippen LogP contribution in [-0.4, -0.2) is 40.8 Å². The van der Waals surface area contributed by atoms with Crippen molar-refractivity contribution in [2.75, 3.05) is 6.54 Å². The van der Waals surface area contributed by atoms with E-state index in [9.17, 15) is 14.0 Å². The Hall–Kier alpha value is -2.89. The van der Waals surface area contributed by atoms with E-state index in [1.54, 1.807) is 12.1 Å². The number of aromatic carboxylic acids is 1. The van der Waals surface area contributed by atoms with E-state index in [1.165, 1.54) is 17.0 Å². The number of carbonyl (C=O) groups excluding carboxylic acids is 1. The number of halogens is 1. The van der Waals surface area contributed by atoms with Gasteiger partial charge >= 0.3 is 12.1 Å². The fraction of sp³-hybridized carbons (Fsp3) is 0.263. The van der Waals surface area contributed by atoms with Crippen LogP contribution < -0.4 is 0 Å². The van der Waals surface area contributed by atoms with Crippen molar-refractivity contribution in [3.8, 4) is 0 Å². The number of amides is 1. The maximum absolute atomic E-state index is 13.9. The highest BCUT2D eigenvalue weighted by atomic mass is 19.1. The lowest BCUT2D eigenvalue weighted by Crippen LogP contribution is -2.61. The summed E-state index contributed by atoms with van der Waals surface area (Å²) in [6.45, 7) is 0.165. The summed E-state index contributed by atoms with van der Waals surface area (Å²) in [7, 11) is 0. The highest BCUT2D eigenvalue weighted by Gasteiger charge is 2.43. The molecule has 1 saturated heterocycles. The van der Waals surface area contributed by atoms with Crippen LogP contribution in [-0.2, 0) is 17.8 Å². The minimum absolute atomic E-state index is 0.0193. The number of carbonyl (C=O) groups is 2. The SMILES string of the molecule is O=C(O)c1ccc(CC2C(F)CN2C(=O)OCc2ccccc2)cc1. The second kappa shape index (κ2) is 7.34. The van der Waals surface area contributed by atoms with Gasteiger partial charge in [-0.2, -0.15) is 0 Å². The number of rotatable bonds is 5. The van der Waals surface area contributed by atoms with Crippen molar-refractivity contribution >= 4 is 12.1 Å². The minimum Gasteiger partial charge on any atom is -0.478 e. The second-order valence-corrected chi connectivity index (χ2v) is 5.98. The van der Waals surface area contributed by atoms with Gasteiger partial charge in [0, 0.05) is 0 Å². The third-order valence-electron chi connectivity index (χ3n) is 4.27. The molecule has 0 aromatic heterocycles. The molecule has 25 heavy (non-hydrogen) atoms. The smallest absolute Gasteiger partial charge is 0.410 e. The van der Waals surface area contributed by atoms with E-state index in [4.69, 9.17) is 9.84 Å². The minimum atomic E-state index is -1.11. The van der Waals surface area contributed by atoms with Crippen LogP contribution in [0.1, 0.15) is 21.5 Å². The lowest BCUT2D eigenvalue weighted by molar-refractivity contribution is -0.0132. The van der Waals surface area contributed by atoms with Crippen molar-refractivity contribution in [3.05, 3.63) is 71.3 Å². The van der Waals surface area contributed by atoms with Crippen LogP contribution in [0.15, 0.2) is 54.6 Å². The largest absolute Gasteiger partial charge is 0.478 e. The van der Waals surface area contributed by atoms with Crippen LogP contribution in [0.3, 0.4) is 0 Å². The van der Waals surface area contributed by atoms with Gasteiger partial charge in [0.05, 0.1) is 18.2 Å². The molecular formula is C19H18FNO4. The van der Waals surface area contributed by atoms with Gasteiger partial charge in [-0.25, -0.2) is 14.0 Å². The lowest BCUT2D eigenvalue weighted by atomic mass is 9.93. The molecule has 130 valence electrons. The van der Waals surface area contributed by atoms with Crippen LogP contribution in [0.25, 0.3) is 0 Å². The number of ether oxygens (including phenoxy) is 1. The molecule has 0 spiro atoms. The number of hydrogen-bond acceptors (Lipinski definition) is 3. The van der Waals surface area contributed by atoms with E-state index < -0.39 is 24.3 Å². The van der Waals surface area contributed by atoms with Gasteiger partial charge in [-0.3, -0.25) is 4.90 Å². The molecule has 2 aromatic carbocycles. The fourth-order valence-electron chi connectivity index (χ4n) is 2.78. The van der Waals surface area contributed by atoms with Gasteiger partial charge < -0.3 is 9.84 Å². The molecule has 1 N–H and O–H groups in total. The average Bonchev–Trinajstić information content (AvgIpc) is 2.63. The van der Waals surface area contributed by atoms with Gasteiger partial charge in [-0.1, -0.05) is 42.5 Å². The molecule has 0 aliphatic carbocycles. The van der Waals surface area contributed by atoms with E-state index in [0.717, 1.165) is 11.1 Å². The molecule has 6 heteroatoms. The lowest BCUT2D eigenvalue weighted by Gasteiger charge is -2.43. The van der Waals surface area contributed by atoms with Crippen LogP contribution in [0.5, 0.6) is 0 Å². The third kappa shape index (κ3) is 3.96. The summed E-state index contributed by atoms with van der Waals surface area (Å²) in [6, 6.07) is 14.9. The molecule has 0 radical (unpaired) electrons. The molecule has 1 fully saturated rings. The van der Waals surface area contributed by atoms with Crippen LogP contribution in [0.2, 0.25) is 0 Å². The molecule has 2 unspecified atom stereocenters. The van der Waals surface area contributed by atoms with Gasteiger partial charge in [0.15, 0.2) is 0 Å². The van der Waals surface area contributed by atoms with E-state index in [-0.39, 0.29) is 18.7 Å². The molecule has 5 nitrogen and oxygen atoms in total. The maximum Gasteiger partial charge on any atom is 0.410 e. The zero-order chi connectivity index (χ0) is 17.8. The van der Waals surface area contributed by atoms with Gasteiger partial charge in [0.25, 0.3) is 0 Å². The van der Waals surface area contributed by atoms with E-state index >= 15 is 0 Å². The first-order valence-electron chi connectivity index (χ1n) is 7.98. The summed E-state index contributed by atoms with van der Waals surface area (Å²) < 4.78 is 19.1. The summed E-state index contributed by atoms with van der Waals surface area (Å²) in [5, 5.41) is 8.90. The molecule has 1 heterocycles. The van der Waals surface area contributed by atoms with Gasteiger partial charge in [-0.15, -0.1) is 0 Å². The topological polar surface area (TPSA) is 66.8 Å². The van der Waals surface area contributed by atoms with Crippen LogP contribution >= 0.6 is 0 Å². The summed E-state index contributed by atoms with van der Waals surface area (Å²) >= 11 is 0. The van der Waals surface area contributed by atoms with Crippen molar-refractivity contribution in [1.29, 1.82) is 0 Å². The summed E-state index contributed by atoms with van der Waals surface area (Å²) in [5.74, 6) is -1.01. The Morgan fingerprint density at radius 1 is 1.08 bits per heavy atom. The third-order valence-corrected chi connectivity index (χ3v) is 4.27. The number of likely N-dealkylation sites (tertiary alicyclic amines) is 1. The van der Waals surface area contributed by atoms with E-state index in [0.29, 0.717) is 6.42 Å². The number of benzene rings is 2. The summed E-state index contributed by atoms with van der Waals surface area (Å²) in [4.78, 5) is 24.4. The Morgan fingerprint density at radius 3 is 2.36 bits per heavy atom. The number of carboxylic acids is 1.